The van der Waals surface area contributed by atoms with Crippen LogP contribution in [0.25, 0.3) is 11.3 Å². The Balaban J connectivity index is 0.912. The number of ketones is 2. The third-order valence-electron chi connectivity index (χ3n) is 20.4. The predicted molar refractivity (Wildman–Crippen MR) is 316 cm³/mol. The maximum Gasteiger partial charge on any atom is 0.573 e. The zero-order valence-corrected chi connectivity index (χ0v) is 52.7. The number of piperidine rings is 2. The van der Waals surface area contributed by atoms with Crippen molar-refractivity contribution in [2.24, 2.45) is 47.3 Å². The van der Waals surface area contributed by atoms with Crippen molar-refractivity contribution in [2.45, 2.75) is 205 Å². The smallest absolute Gasteiger partial charge is 0.456 e. The van der Waals surface area contributed by atoms with Gasteiger partial charge < -0.3 is 53.9 Å². The number of aliphatic hydroxyl groups is 4. The summed E-state index contributed by atoms with van der Waals surface area (Å²) in [6.07, 6.45) is -1.51. The second kappa shape index (κ2) is 27.8. The van der Waals surface area contributed by atoms with Gasteiger partial charge in [0.2, 0.25) is 11.7 Å². The van der Waals surface area contributed by atoms with Gasteiger partial charge in [-0.15, -0.1) is 13.2 Å². The number of fused-ring (bicyclic) bond motifs is 4. The molecule has 2 aromatic heterocycles. The van der Waals surface area contributed by atoms with Gasteiger partial charge in [-0.2, -0.15) is 5.10 Å². The van der Waals surface area contributed by atoms with Crippen LogP contribution in [0.3, 0.4) is 0 Å². The van der Waals surface area contributed by atoms with Crippen LogP contribution in [0.5, 0.6) is 5.75 Å². The molecule has 2 saturated carbocycles. The minimum Gasteiger partial charge on any atom is -0.456 e. The first-order valence-corrected chi connectivity index (χ1v) is 31.8. The van der Waals surface area contributed by atoms with Gasteiger partial charge in [0, 0.05) is 126 Å². The van der Waals surface area contributed by atoms with E-state index in [-0.39, 0.29) is 104 Å². The van der Waals surface area contributed by atoms with Crippen molar-refractivity contribution in [3.8, 4) is 17.0 Å². The van der Waals surface area contributed by atoms with E-state index in [0.29, 0.717) is 86.7 Å². The molecule has 7 heterocycles. The molecule has 2 aromatic rings. The Morgan fingerprint density at radius 3 is 2.27 bits per heavy atom. The number of pyridine rings is 1. The first-order valence-electron chi connectivity index (χ1n) is 31.8. The molecule has 0 aromatic carbocycles. The van der Waals surface area contributed by atoms with Crippen LogP contribution in [-0.4, -0.2) is 194 Å². The van der Waals surface area contributed by atoms with Crippen LogP contribution in [0.1, 0.15) is 149 Å². The van der Waals surface area contributed by atoms with E-state index in [0.717, 1.165) is 29.3 Å². The second-order valence-electron chi connectivity index (χ2n) is 27.1. The average Bonchev–Trinajstić information content (AvgIpc) is 1.56. The number of allylic oxidation sites excluding steroid dienone is 3. The number of likely N-dealkylation sites (tertiary alicyclic amines) is 2. The van der Waals surface area contributed by atoms with Gasteiger partial charge in [-0.25, -0.2) is 4.79 Å². The maximum atomic E-state index is 14.8. The normalized spacial score (nSPS) is 36.0. The standard InChI is InChI=1S/C65H93F3N6O14/c1-34(2)74-50(26-48(70-74)43-25-54(40(8)69-28-43)87-65(66,67)68)58-46-31-71(32-47(46)58)45-29-72(30-45)57(79)17-15-42-20-35(3)19-36(4)21-55(84-9)60-56(85-10)23-38(6)64(83,88-60)61(80)62(81)73-18-12-11-13-49(73)63(82)86-59(39(7)52(77)27-53(42)78)37(5)22-41-14-16-51(76)44(24-41)33-75/h20,22,25-26,28,34,36,38-39,41-42,44-47,49,51-52,55-56,58-60,75-77,83H,11-19,21,23-24,27,29-33H2,1-10H3/b35-20+,37-22+/t36-,38+,39+,41-,42+,44-,46?,47?,49-,51+,52-,55-,56-,58?,59+,60+,64+/m0/s1. The number of halogens is 3. The lowest BCUT2D eigenvalue weighted by atomic mass is 9.78. The van der Waals surface area contributed by atoms with E-state index in [9.17, 15) is 57.6 Å². The highest BCUT2D eigenvalue weighted by atomic mass is 19.4. The van der Waals surface area contributed by atoms with Crippen LogP contribution in [0.2, 0.25) is 0 Å². The van der Waals surface area contributed by atoms with Gasteiger partial charge in [0.1, 0.15) is 24.0 Å². The molecule has 5 aliphatic heterocycles. The summed E-state index contributed by atoms with van der Waals surface area (Å²) in [7, 11) is 3.00. The molecule has 4 saturated heterocycles. The molecule has 0 spiro atoms. The molecular weight excluding hydrogens is 1150 g/mol. The fourth-order valence-corrected chi connectivity index (χ4v) is 15.1. The molecule has 2 unspecified atom stereocenters. The summed E-state index contributed by atoms with van der Waals surface area (Å²) in [6, 6.07) is 2.20. The van der Waals surface area contributed by atoms with E-state index in [4.69, 9.17) is 24.0 Å². The summed E-state index contributed by atoms with van der Waals surface area (Å²) in [5.74, 6) is -8.75. The highest BCUT2D eigenvalue weighted by Crippen LogP contribution is 2.59. The molecule has 488 valence electrons. The van der Waals surface area contributed by atoms with Crippen LogP contribution in [0, 0.1) is 54.3 Å². The van der Waals surface area contributed by atoms with Gasteiger partial charge in [-0.1, -0.05) is 38.5 Å². The van der Waals surface area contributed by atoms with E-state index in [1.165, 1.54) is 33.4 Å². The molecule has 20 nitrogen and oxygen atoms in total. The number of aliphatic hydroxyl groups excluding tert-OH is 3. The summed E-state index contributed by atoms with van der Waals surface area (Å²) in [5.41, 5.74) is 3.50. The predicted octanol–water partition coefficient (Wildman–Crippen LogP) is 7.04. The van der Waals surface area contributed by atoms with Crippen molar-refractivity contribution >= 4 is 29.4 Å². The summed E-state index contributed by atoms with van der Waals surface area (Å²) < 4.78 is 70.4. The molecule has 4 N–H and O–H groups in total. The number of nitrogens with zero attached hydrogens (tertiary/aromatic N) is 6. The third-order valence-corrected chi connectivity index (χ3v) is 20.4. The monoisotopic (exact) mass is 1240 g/mol. The van der Waals surface area contributed by atoms with Gasteiger partial charge in [0.05, 0.1) is 35.8 Å². The van der Waals surface area contributed by atoms with Gasteiger partial charge in [-0.3, -0.25) is 33.7 Å². The number of amides is 2. The summed E-state index contributed by atoms with van der Waals surface area (Å²) in [6.45, 7) is 17.0. The number of methoxy groups -OCH3 is 2. The van der Waals surface area contributed by atoms with Gasteiger partial charge in [-0.05, 0) is 140 Å². The number of aryl methyl sites for hydroxylation is 1. The molecular formula is C65H93F3N6O14. The van der Waals surface area contributed by atoms with E-state index >= 15 is 0 Å². The topological polar surface area (TPSA) is 253 Å². The number of carbonyl (C=O) groups is 5. The molecule has 16 atom stereocenters. The maximum absolute atomic E-state index is 14.8. The molecule has 2 aliphatic carbocycles. The zero-order valence-electron chi connectivity index (χ0n) is 52.7. The molecule has 2 amide bonds. The lowest BCUT2D eigenvalue weighted by Crippen LogP contribution is -2.64. The van der Waals surface area contributed by atoms with Crippen molar-refractivity contribution < 1.29 is 81.3 Å². The Kier molecular flexibility index (Phi) is 21.2. The van der Waals surface area contributed by atoms with Crippen LogP contribution in [-0.2, 0) is 42.9 Å². The lowest BCUT2D eigenvalue weighted by Gasteiger charge is -2.47. The summed E-state index contributed by atoms with van der Waals surface area (Å²) >= 11 is 0. The van der Waals surface area contributed by atoms with Crippen molar-refractivity contribution in [1.82, 2.24) is 29.5 Å². The zero-order chi connectivity index (χ0) is 63.8. The minimum absolute atomic E-state index is 0.000499. The van der Waals surface area contributed by atoms with Crippen LogP contribution in [0.4, 0.5) is 13.2 Å². The fraction of sp³-hybridized carbons (Fsp3) is 0.738. The minimum atomic E-state index is -4.86. The van der Waals surface area contributed by atoms with Crippen molar-refractivity contribution in [1.29, 1.82) is 0 Å². The first kappa shape index (κ1) is 67.3. The van der Waals surface area contributed by atoms with E-state index in [2.05, 4.69) is 14.6 Å². The molecule has 7 aliphatic rings. The Bertz CT molecular complexity index is 2900. The first-order chi connectivity index (χ1) is 41.6. The summed E-state index contributed by atoms with van der Waals surface area (Å²) in [4.78, 5) is 82.2. The SMILES string of the molecule is CO[C@H]1C[C@@H](C)C/C(C)=C/[C@@H](CCC(=O)N2CC(N3CC4C(C3)C4c3cc(-c4cnc(C)c(OC(F)(F)F)c4)nn3C(C)C)C2)C(=O)C[C@H](O)[C@@H](C)[C@@H](/C(C)=C/[C@@H]2CC[C@@H](O)[C@H](CO)C2)OC(=O)[C@@H]2CCCCN2C(=O)C(=O)[C@]2(O)O[C@H]1[C@@H](OC)C[C@H]2C. The van der Waals surface area contributed by atoms with Crippen molar-refractivity contribution in [3.05, 3.63) is 53.0 Å². The largest absolute Gasteiger partial charge is 0.573 e. The molecule has 23 heteroatoms. The number of hydrogen-bond acceptors (Lipinski definition) is 17. The number of alkyl halides is 3. The molecule has 0 radical (unpaired) electrons. The quantitative estimate of drug-likeness (QED) is 0.0891. The third kappa shape index (κ3) is 14.8. The van der Waals surface area contributed by atoms with E-state index in [1.807, 2.05) is 55.5 Å². The Morgan fingerprint density at radius 1 is 0.920 bits per heavy atom. The molecule has 9 rings (SSSR count). The molecule has 88 heavy (non-hydrogen) atoms. The van der Waals surface area contributed by atoms with Gasteiger partial charge in [0.25, 0.3) is 11.7 Å². The molecule has 2 bridgehead atoms. The highest BCUT2D eigenvalue weighted by molar-refractivity contribution is 6.39. The molecule has 6 fully saturated rings. The Morgan fingerprint density at radius 2 is 1.61 bits per heavy atom. The van der Waals surface area contributed by atoms with Crippen LogP contribution in [0.15, 0.2) is 41.6 Å². The number of rotatable bonds is 13. The Hall–Kier alpha value is -5.14. The Labute approximate surface area is 514 Å². The van der Waals surface area contributed by atoms with Crippen LogP contribution >= 0.6 is 0 Å². The average molecular weight is 1240 g/mol. The highest BCUT2D eigenvalue weighted by Gasteiger charge is 2.60. The van der Waals surface area contributed by atoms with E-state index < -0.39 is 90.2 Å². The van der Waals surface area contributed by atoms with Gasteiger partial charge >= 0.3 is 12.3 Å². The number of hydrogen-bond donors (Lipinski definition) is 4. The second-order valence-corrected chi connectivity index (χ2v) is 27.1. The number of esters is 1. The number of cyclic esters (lactones) is 1. The number of ether oxygens (including phenoxy) is 5. The summed E-state index contributed by atoms with van der Waals surface area (Å²) in [5, 5.41) is 50.0. The van der Waals surface area contributed by atoms with Gasteiger partial charge in [0.15, 0.2) is 5.75 Å². The van der Waals surface area contributed by atoms with E-state index in [1.54, 1.807) is 20.8 Å². The van der Waals surface area contributed by atoms with Crippen molar-refractivity contribution in [3.63, 3.8) is 0 Å². The lowest BCUT2D eigenvalue weighted by molar-refractivity contribution is -0.302. The fourth-order valence-electron chi connectivity index (χ4n) is 15.1. The number of carbonyl (C=O) groups excluding carboxylic acids is 5. The number of aromatic nitrogens is 3. The van der Waals surface area contributed by atoms with Crippen molar-refractivity contribution in [2.75, 3.05) is 53.6 Å². The number of Topliss-reactive ketones (excluding diaryl/α,β-unsaturated/α-hetero) is 2. The van der Waals surface area contributed by atoms with Crippen LogP contribution < -0.4 is 4.74 Å².